The monoisotopic (exact) mass is 274 g/mol. The predicted octanol–water partition coefficient (Wildman–Crippen LogP) is 2.87. The lowest BCUT2D eigenvalue weighted by molar-refractivity contribution is -0.126. The number of carbonyl (C=O) groups is 1. The molecule has 3 nitrogen and oxygen atoms in total. The van der Waals surface area contributed by atoms with E-state index in [-0.39, 0.29) is 18.6 Å². The Labute approximate surface area is 110 Å². The van der Waals surface area contributed by atoms with Gasteiger partial charge in [-0.3, -0.25) is 4.79 Å². The molecule has 1 aliphatic rings. The molecular weight excluding hydrogens is 263 g/mol. The summed E-state index contributed by atoms with van der Waals surface area (Å²) in [7, 11) is 0. The van der Waals surface area contributed by atoms with Gasteiger partial charge in [-0.15, -0.1) is 0 Å². The number of benzene rings is 1. The van der Waals surface area contributed by atoms with E-state index >= 15 is 0 Å². The molecule has 2 rings (SSSR count). The van der Waals surface area contributed by atoms with Gasteiger partial charge >= 0.3 is 0 Å². The molecule has 1 fully saturated rings. The zero-order valence-corrected chi connectivity index (χ0v) is 10.6. The van der Waals surface area contributed by atoms with Gasteiger partial charge in [-0.1, -0.05) is 29.3 Å². The Kier molecular flexibility index (Phi) is 4.40. The third kappa shape index (κ3) is 3.42. The maximum atomic E-state index is 11.8. The lowest BCUT2D eigenvalue weighted by atomic mass is 10.1. The fraction of sp³-hybridized carbons (Fsp3) is 0.417. The van der Waals surface area contributed by atoms with Crippen molar-refractivity contribution in [3.8, 4) is 0 Å². The maximum Gasteiger partial charge on any atom is 0.164 e. The van der Waals surface area contributed by atoms with Crippen molar-refractivity contribution in [3.05, 3.63) is 33.8 Å². The highest BCUT2D eigenvalue weighted by Gasteiger charge is 2.20. The molecule has 0 spiro atoms. The van der Waals surface area contributed by atoms with Gasteiger partial charge in [0.2, 0.25) is 0 Å². The van der Waals surface area contributed by atoms with E-state index in [0.29, 0.717) is 28.8 Å². The van der Waals surface area contributed by atoms with Gasteiger partial charge in [-0.2, -0.15) is 0 Å². The SMILES string of the molecule is O=C(Cc1c(Cl)cccc1Cl)CC1OCCO1. The Morgan fingerprint density at radius 2 is 1.82 bits per heavy atom. The second-order valence-corrected chi connectivity index (χ2v) is 4.61. The molecule has 0 amide bonds. The van der Waals surface area contributed by atoms with E-state index in [1.807, 2.05) is 0 Å². The standard InChI is InChI=1S/C12H12Cl2O3/c13-10-2-1-3-11(14)9(10)6-8(15)7-12-16-4-5-17-12/h1-3,12H,4-7H2. The van der Waals surface area contributed by atoms with E-state index in [1.54, 1.807) is 18.2 Å². The van der Waals surface area contributed by atoms with Crippen LogP contribution in [0, 0.1) is 0 Å². The molecule has 17 heavy (non-hydrogen) atoms. The number of hydrogen-bond donors (Lipinski definition) is 0. The summed E-state index contributed by atoms with van der Waals surface area (Å²) in [5.41, 5.74) is 0.666. The Bertz CT molecular complexity index is 394. The van der Waals surface area contributed by atoms with E-state index in [4.69, 9.17) is 32.7 Å². The highest BCUT2D eigenvalue weighted by Crippen LogP contribution is 2.25. The number of ether oxygens (including phenoxy) is 2. The van der Waals surface area contributed by atoms with Crippen molar-refractivity contribution in [3.63, 3.8) is 0 Å². The van der Waals surface area contributed by atoms with Crippen LogP contribution in [-0.4, -0.2) is 25.3 Å². The number of halogens is 2. The third-order valence-corrected chi connectivity index (χ3v) is 3.23. The average Bonchev–Trinajstić information content (AvgIpc) is 2.76. The molecule has 0 unspecified atom stereocenters. The lowest BCUT2D eigenvalue weighted by Gasteiger charge is -2.09. The van der Waals surface area contributed by atoms with Crippen LogP contribution in [0.5, 0.6) is 0 Å². The molecule has 1 saturated heterocycles. The lowest BCUT2D eigenvalue weighted by Crippen LogP contribution is -2.16. The van der Waals surface area contributed by atoms with Crippen LogP contribution in [0.1, 0.15) is 12.0 Å². The second kappa shape index (κ2) is 5.83. The van der Waals surface area contributed by atoms with E-state index in [9.17, 15) is 4.79 Å². The Balaban J connectivity index is 1.97. The topological polar surface area (TPSA) is 35.5 Å². The summed E-state index contributed by atoms with van der Waals surface area (Å²) in [6, 6.07) is 5.19. The molecule has 1 heterocycles. The minimum Gasteiger partial charge on any atom is -0.350 e. The molecule has 0 atom stereocenters. The largest absolute Gasteiger partial charge is 0.350 e. The Hall–Kier alpha value is -0.610. The molecule has 0 saturated carbocycles. The highest BCUT2D eigenvalue weighted by atomic mass is 35.5. The minimum absolute atomic E-state index is 0.00639. The highest BCUT2D eigenvalue weighted by molar-refractivity contribution is 6.36. The fourth-order valence-electron chi connectivity index (χ4n) is 1.68. The summed E-state index contributed by atoms with van der Waals surface area (Å²) < 4.78 is 10.4. The molecule has 1 aliphatic heterocycles. The first kappa shape index (κ1) is 12.8. The van der Waals surface area contributed by atoms with Gasteiger partial charge in [0.05, 0.1) is 19.6 Å². The first-order chi connectivity index (χ1) is 8.16. The van der Waals surface area contributed by atoms with Crippen LogP contribution in [0.3, 0.4) is 0 Å². The van der Waals surface area contributed by atoms with Gasteiger partial charge in [0.25, 0.3) is 0 Å². The summed E-state index contributed by atoms with van der Waals surface area (Å²) in [6.45, 7) is 1.09. The van der Waals surface area contributed by atoms with Gasteiger partial charge in [0, 0.05) is 16.5 Å². The molecule has 0 radical (unpaired) electrons. The van der Waals surface area contributed by atoms with Gasteiger partial charge in [0.15, 0.2) is 6.29 Å². The van der Waals surface area contributed by atoms with Gasteiger partial charge in [-0.05, 0) is 17.7 Å². The van der Waals surface area contributed by atoms with E-state index < -0.39 is 6.29 Å². The molecular formula is C12H12Cl2O3. The van der Waals surface area contributed by atoms with Crippen molar-refractivity contribution in [2.75, 3.05) is 13.2 Å². The number of rotatable bonds is 4. The van der Waals surface area contributed by atoms with Crippen LogP contribution in [0.25, 0.3) is 0 Å². The number of hydrogen-bond acceptors (Lipinski definition) is 3. The molecule has 5 heteroatoms. The fourth-order valence-corrected chi connectivity index (χ4v) is 2.21. The molecule has 92 valence electrons. The van der Waals surface area contributed by atoms with Crippen molar-refractivity contribution in [2.24, 2.45) is 0 Å². The van der Waals surface area contributed by atoms with Crippen LogP contribution < -0.4 is 0 Å². The van der Waals surface area contributed by atoms with Gasteiger partial charge < -0.3 is 9.47 Å². The second-order valence-electron chi connectivity index (χ2n) is 3.79. The van der Waals surface area contributed by atoms with Crippen molar-refractivity contribution in [2.45, 2.75) is 19.1 Å². The third-order valence-electron chi connectivity index (χ3n) is 2.52. The van der Waals surface area contributed by atoms with Crippen LogP contribution >= 0.6 is 23.2 Å². The molecule has 0 aliphatic carbocycles. The molecule has 0 bridgehead atoms. The molecule has 1 aromatic carbocycles. The summed E-state index contributed by atoms with van der Waals surface area (Å²) >= 11 is 12.0. The summed E-state index contributed by atoms with van der Waals surface area (Å²) in [4.78, 5) is 11.8. The predicted molar refractivity (Wildman–Crippen MR) is 65.5 cm³/mol. The zero-order chi connectivity index (χ0) is 12.3. The smallest absolute Gasteiger partial charge is 0.164 e. The molecule has 1 aromatic rings. The van der Waals surface area contributed by atoms with Crippen LogP contribution in [0.15, 0.2) is 18.2 Å². The quantitative estimate of drug-likeness (QED) is 0.847. The van der Waals surface area contributed by atoms with Gasteiger partial charge in [-0.25, -0.2) is 0 Å². The summed E-state index contributed by atoms with van der Waals surface area (Å²) in [5, 5.41) is 1.03. The normalized spacial score (nSPS) is 16.4. The van der Waals surface area contributed by atoms with E-state index in [1.165, 1.54) is 0 Å². The number of ketones is 1. The van der Waals surface area contributed by atoms with Gasteiger partial charge in [0.1, 0.15) is 5.78 Å². The van der Waals surface area contributed by atoms with Crippen LogP contribution in [0.4, 0.5) is 0 Å². The summed E-state index contributed by atoms with van der Waals surface area (Å²) in [6.07, 6.45) is 0.0345. The van der Waals surface area contributed by atoms with Crippen molar-refractivity contribution in [1.29, 1.82) is 0 Å². The maximum absolute atomic E-state index is 11.8. The molecule has 0 aromatic heterocycles. The van der Waals surface area contributed by atoms with Crippen molar-refractivity contribution >= 4 is 29.0 Å². The van der Waals surface area contributed by atoms with E-state index in [2.05, 4.69) is 0 Å². The zero-order valence-electron chi connectivity index (χ0n) is 9.12. The van der Waals surface area contributed by atoms with Crippen LogP contribution in [0.2, 0.25) is 10.0 Å². The van der Waals surface area contributed by atoms with Crippen molar-refractivity contribution < 1.29 is 14.3 Å². The van der Waals surface area contributed by atoms with Crippen LogP contribution in [-0.2, 0) is 20.7 Å². The average molecular weight is 275 g/mol. The van der Waals surface area contributed by atoms with Crippen molar-refractivity contribution in [1.82, 2.24) is 0 Å². The molecule has 0 N–H and O–H groups in total. The minimum atomic E-state index is -0.413. The summed E-state index contributed by atoms with van der Waals surface area (Å²) in [5.74, 6) is 0.00639. The Morgan fingerprint density at radius 3 is 2.41 bits per heavy atom. The number of Topliss-reactive ketones (excluding diaryl/α,β-unsaturated/α-hetero) is 1. The van der Waals surface area contributed by atoms with E-state index in [0.717, 1.165) is 0 Å². The first-order valence-corrected chi connectivity index (χ1v) is 6.10. The number of carbonyl (C=O) groups excluding carboxylic acids is 1. The first-order valence-electron chi connectivity index (χ1n) is 5.34. The Morgan fingerprint density at radius 1 is 1.24 bits per heavy atom.